The number of fused-ring (bicyclic) bond motifs is 1. The summed E-state index contributed by atoms with van der Waals surface area (Å²) in [7, 11) is 3.08. The Balaban J connectivity index is 2.06. The minimum Gasteiger partial charge on any atom is -0.493 e. The quantitative estimate of drug-likeness (QED) is 0.726. The van der Waals surface area contributed by atoms with E-state index < -0.39 is 5.97 Å². The van der Waals surface area contributed by atoms with Gasteiger partial charge in [0.2, 0.25) is 0 Å². The number of carboxylic acid groups (broad SMARTS) is 1. The van der Waals surface area contributed by atoms with Crippen molar-refractivity contribution in [2.75, 3.05) is 14.2 Å². The lowest BCUT2D eigenvalue weighted by atomic mass is 10.2. The van der Waals surface area contributed by atoms with Crippen molar-refractivity contribution in [1.29, 1.82) is 0 Å². The summed E-state index contributed by atoms with van der Waals surface area (Å²) in [6.45, 7) is 0.293. The molecule has 0 bridgehead atoms. The Morgan fingerprint density at radius 2 is 1.75 bits per heavy atom. The standard InChI is InChI=1S/C18H16O5S/c1-21-13-8-12-15(9-14(13)22-2)24-17(18(19)20)16(12)23-10-11-6-4-3-5-7-11/h3-9H,10H2,1-2H3,(H,19,20). The SMILES string of the molecule is COc1cc2sc(C(=O)O)c(OCc3ccccc3)c2cc1OC. The Hall–Kier alpha value is -2.73. The smallest absolute Gasteiger partial charge is 0.349 e. The van der Waals surface area contributed by atoms with E-state index in [-0.39, 0.29) is 4.88 Å². The molecule has 1 heterocycles. The van der Waals surface area contributed by atoms with Crippen molar-refractivity contribution in [3.8, 4) is 17.2 Å². The highest BCUT2D eigenvalue weighted by Gasteiger charge is 2.21. The second-order valence-corrected chi connectivity index (χ2v) is 6.10. The number of aromatic carboxylic acids is 1. The highest BCUT2D eigenvalue weighted by molar-refractivity contribution is 7.21. The van der Waals surface area contributed by atoms with Gasteiger partial charge in [-0.25, -0.2) is 4.79 Å². The molecule has 24 heavy (non-hydrogen) atoms. The van der Waals surface area contributed by atoms with Crippen LogP contribution in [0.2, 0.25) is 0 Å². The molecule has 0 atom stereocenters. The zero-order valence-electron chi connectivity index (χ0n) is 13.2. The molecule has 0 aliphatic carbocycles. The molecule has 0 aliphatic rings. The summed E-state index contributed by atoms with van der Waals surface area (Å²) in [5, 5.41) is 10.2. The second kappa shape index (κ2) is 6.80. The molecule has 6 heteroatoms. The van der Waals surface area contributed by atoms with Crippen LogP contribution in [0.25, 0.3) is 10.1 Å². The molecule has 0 saturated heterocycles. The number of rotatable bonds is 6. The molecule has 0 unspecified atom stereocenters. The van der Waals surface area contributed by atoms with Gasteiger partial charge < -0.3 is 19.3 Å². The molecule has 1 aromatic heterocycles. The normalized spacial score (nSPS) is 10.6. The molecule has 1 N–H and O–H groups in total. The predicted octanol–water partition coefficient (Wildman–Crippen LogP) is 4.20. The van der Waals surface area contributed by atoms with Gasteiger partial charge in [-0.3, -0.25) is 0 Å². The molecule has 124 valence electrons. The van der Waals surface area contributed by atoms with Crippen LogP contribution < -0.4 is 14.2 Å². The monoisotopic (exact) mass is 344 g/mol. The zero-order valence-corrected chi connectivity index (χ0v) is 14.1. The average molecular weight is 344 g/mol. The van der Waals surface area contributed by atoms with E-state index in [0.717, 1.165) is 21.6 Å². The van der Waals surface area contributed by atoms with Crippen molar-refractivity contribution in [1.82, 2.24) is 0 Å². The van der Waals surface area contributed by atoms with Gasteiger partial charge in [-0.05, 0) is 11.6 Å². The van der Waals surface area contributed by atoms with Crippen LogP contribution in [0.4, 0.5) is 0 Å². The molecule has 2 aromatic carbocycles. The summed E-state index contributed by atoms with van der Waals surface area (Å²) in [5.41, 5.74) is 0.966. The van der Waals surface area contributed by atoms with Crippen molar-refractivity contribution in [2.45, 2.75) is 6.61 Å². The number of carbonyl (C=O) groups is 1. The van der Waals surface area contributed by atoms with E-state index in [1.54, 1.807) is 26.4 Å². The van der Waals surface area contributed by atoms with Crippen LogP contribution in [0.3, 0.4) is 0 Å². The molecular weight excluding hydrogens is 328 g/mol. The summed E-state index contributed by atoms with van der Waals surface area (Å²) in [6.07, 6.45) is 0. The van der Waals surface area contributed by atoms with Crippen LogP contribution in [0, 0.1) is 0 Å². The summed E-state index contributed by atoms with van der Waals surface area (Å²) in [6, 6.07) is 13.1. The molecule has 3 rings (SSSR count). The number of carboxylic acids is 1. The third-order valence-electron chi connectivity index (χ3n) is 3.57. The Kier molecular flexibility index (Phi) is 4.57. The molecule has 0 aliphatic heterocycles. The van der Waals surface area contributed by atoms with Crippen LogP contribution in [0.5, 0.6) is 17.2 Å². The molecular formula is C18H16O5S. The predicted molar refractivity (Wildman–Crippen MR) is 92.7 cm³/mol. The van der Waals surface area contributed by atoms with Gasteiger partial charge in [-0.1, -0.05) is 30.3 Å². The first kappa shape index (κ1) is 16.1. The zero-order chi connectivity index (χ0) is 17.1. The van der Waals surface area contributed by atoms with Gasteiger partial charge in [0, 0.05) is 16.2 Å². The van der Waals surface area contributed by atoms with E-state index >= 15 is 0 Å². The van der Waals surface area contributed by atoms with Crippen molar-refractivity contribution in [2.24, 2.45) is 0 Å². The Morgan fingerprint density at radius 3 is 2.38 bits per heavy atom. The number of thiophene rings is 1. The lowest BCUT2D eigenvalue weighted by molar-refractivity contribution is 0.0698. The number of benzene rings is 2. The fourth-order valence-electron chi connectivity index (χ4n) is 2.41. The summed E-state index contributed by atoms with van der Waals surface area (Å²) in [5.74, 6) is 0.423. The van der Waals surface area contributed by atoms with E-state index in [1.807, 2.05) is 30.3 Å². The summed E-state index contributed by atoms with van der Waals surface area (Å²) >= 11 is 1.16. The van der Waals surface area contributed by atoms with E-state index in [0.29, 0.717) is 29.2 Å². The fourth-order valence-corrected chi connectivity index (χ4v) is 3.41. The lowest BCUT2D eigenvalue weighted by Gasteiger charge is -2.09. The third-order valence-corrected chi connectivity index (χ3v) is 4.69. The molecule has 0 amide bonds. The Labute approximate surface area is 143 Å². The maximum atomic E-state index is 11.6. The number of methoxy groups -OCH3 is 2. The van der Waals surface area contributed by atoms with Crippen molar-refractivity contribution < 1.29 is 24.1 Å². The minimum absolute atomic E-state index is 0.163. The highest BCUT2D eigenvalue weighted by Crippen LogP contribution is 2.43. The van der Waals surface area contributed by atoms with E-state index in [4.69, 9.17) is 14.2 Å². The van der Waals surface area contributed by atoms with Crippen LogP contribution in [-0.2, 0) is 6.61 Å². The molecule has 0 saturated carbocycles. The fraction of sp³-hybridized carbons (Fsp3) is 0.167. The van der Waals surface area contributed by atoms with Crippen LogP contribution in [0.15, 0.2) is 42.5 Å². The largest absolute Gasteiger partial charge is 0.493 e. The Bertz CT molecular complexity index is 870. The van der Waals surface area contributed by atoms with Crippen molar-refractivity contribution >= 4 is 27.4 Å². The average Bonchev–Trinajstić information content (AvgIpc) is 2.97. The molecule has 5 nitrogen and oxygen atoms in total. The molecule has 0 fully saturated rings. The van der Waals surface area contributed by atoms with Gasteiger partial charge in [0.15, 0.2) is 22.1 Å². The lowest BCUT2D eigenvalue weighted by Crippen LogP contribution is -2.00. The maximum Gasteiger partial charge on any atom is 0.349 e. The second-order valence-electron chi connectivity index (χ2n) is 5.04. The first-order chi connectivity index (χ1) is 11.6. The topological polar surface area (TPSA) is 65.0 Å². The van der Waals surface area contributed by atoms with E-state index in [9.17, 15) is 9.90 Å². The van der Waals surface area contributed by atoms with Gasteiger partial charge in [-0.15, -0.1) is 11.3 Å². The van der Waals surface area contributed by atoms with Gasteiger partial charge in [-0.2, -0.15) is 0 Å². The van der Waals surface area contributed by atoms with Gasteiger partial charge >= 0.3 is 5.97 Å². The number of hydrogen-bond donors (Lipinski definition) is 1. The first-order valence-electron chi connectivity index (χ1n) is 7.22. The minimum atomic E-state index is -1.02. The first-order valence-corrected chi connectivity index (χ1v) is 8.04. The molecule has 0 radical (unpaired) electrons. The summed E-state index contributed by atoms with van der Waals surface area (Å²) < 4.78 is 17.2. The maximum absolute atomic E-state index is 11.6. The van der Waals surface area contributed by atoms with Crippen LogP contribution in [-0.4, -0.2) is 25.3 Å². The van der Waals surface area contributed by atoms with Crippen molar-refractivity contribution in [3.63, 3.8) is 0 Å². The van der Waals surface area contributed by atoms with Gasteiger partial charge in [0.1, 0.15) is 6.61 Å². The van der Waals surface area contributed by atoms with Crippen LogP contribution in [0.1, 0.15) is 15.2 Å². The van der Waals surface area contributed by atoms with Crippen LogP contribution >= 0.6 is 11.3 Å². The number of ether oxygens (including phenoxy) is 3. The van der Waals surface area contributed by atoms with Gasteiger partial charge in [0.05, 0.1) is 14.2 Å². The van der Waals surface area contributed by atoms with Crippen molar-refractivity contribution in [3.05, 3.63) is 52.9 Å². The highest BCUT2D eigenvalue weighted by atomic mass is 32.1. The third kappa shape index (κ3) is 3.00. The molecule has 3 aromatic rings. The Morgan fingerprint density at radius 1 is 1.08 bits per heavy atom. The molecule has 0 spiro atoms. The summed E-state index contributed by atoms with van der Waals surface area (Å²) in [4.78, 5) is 11.7. The van der Waals surface area contributed by atoms with Gasteiger partial charge in [0.25, 0.3) is 0 Å². The number of hydrogen-bond acceptors (Lipinski definition) is 5. The van der Waals surface area contributed by atoms with E-state index in [2.05, 4.69) is 0 Å². The van der Waals surface area contributed by atoms with E-state index in [1.165, 1.54) is 0 Å².